The maximum Gasteiger partial charge on any atom is 0.251 e. The molecule has 1 aliphatic heterocycles. The summed E-state index contributed by atoms with van der Waals surface area (Å²) in [5, 5.41) is 3.69. The number of likely N-dealkylation sites (tertiary alicyclic amines) is 1. The number of piperidine rings is 1. The third kappa shape index (κ3) is 8.73. The Hall–Kier alpha value is -2.24. The van der Waals surface area contributed by atoms with Crippen LogP contribution in [0.25, 0.3) is 0 Å². The molecule has 1 heterocycles. The fraction of sp³-hybridized carbons (Fsp3) is 0.552. The first kappa shape index (κ1) is 27.3. The van der Waals surface area contributed by atoms with Crippen LogP contribution in [-0.4, -0.2) is 43.2 Å². The van der Waals surface area contributed by atoms with Gasteiger partial charge in [0.05, 0.1) is 12.1 Å². The average molecular weight is 501 g/mol. The number of benzene rings is 2. The van der Waals surface area contributed by atoms with Gasteiger partial charge in [0, 0.05) is 31.2 Å². The minimum absolute atomic E-state index is 0.0625. The highest BCUT2D eigenvalue weighted by Crippen LogP contribution is 2.29. The molecular formula is C29H41ClN2O3. The molecule has 0 spiro atoms. The molecule has 1 unspecified atom stereocenters. The molecule has 6 heteroatoms. The van der Waals surface area contributed by atoms with Crippen LogP contribution >= 0.6 is 11.6 Å². The third-order valence-corrected chi connectivity index (χ3v) is 6.95. The fourth-order valence-corrected chi connectivity index (χ4v) is 4.76. The van der Waals surface area contributed by atoms with Crippen molar-refractivity contribution in [2.75, 3.05) is 20.2 Å². The van der Waals surface area contributed by atoms with Gasteiger partial charge in [0.1, 0.15) is 17.6 Å². The van der Waals surface area contributed by atoms with E-state index in [4.69, 9.17) is 21.1 Å². The van der Waals surface area contributed by atoms with E-state index in [2.05, 4.69) is 43.1 Å². The zero-order valence-corrected chi connectivity index (χ0v) is 22.4. The van der Waals surface area contributed by atoms with Crippen molar-refractivity contribution in [3.05, 3.63) is 58.6 Å². The molecule has 0 aromatic heterocycles. The molecule has 1 fully saturated rings. The molecule has 1 N–H and O–H groups in total. The minimum Gasteiger partial charge on any atom is -0.497 e. The van der Waals surface area contributed by atoms with Gasteiger partial charge in [-0.1, -0.05) is 50.9 Å². The molecule has 0 bridgehead atoms. The van der Waals surface area contributed by atoms with E-state index < -0.39 is 0 Å². The van der Waals surface area contributed by atoms with E-state index in [1.165, 1.54) is 5.56 Å². The Morgan fingerprint density at radius 3 is 2.40 bits per heavy atom. The Morgan fingerprint density at radius 2 is 1.80 bits per heavy atom. The summed E-state index contributed by atoms with van der Waals surface area (Å²) in [6, 6.07) is 13.8. The van der Waals surface area contributed by atoms with Gasteiger partial charge in [-0.3, -0.25) is 9.69 Å². The quantitative estimate of drug-likeness (QED) is 0.351. The first-order valence-corrected chi connectivity index (χ1v) is 13.4. The number of nitrogens with zero attached hydrogens (tertiary/aromatic N) is 1. The Labute approximate surface area is 216 Å². The van der Waals surface area contributed by atoms with Crippen LogP contribution in [0.4, 0.5) is 0 Å². The van der Waals surface area contributed by atoms with Crippen LogP contribution in [0.2, 0.25) is 5.02 Å². The number of carbonyl (C=O) groups excluding carboxylic acids is 1. The zero-order chi connectivity index (χ0) is 25.2. The second-order valence-corrected chi connectivity index (χ2v) is 10.4. The summed E-state index contributed by atoms with van der Waals surface area (Å²) in [6.07, 6.45) is 6.18. The Kier molecular flexibility index (Phi) is 10.7. The van der Waals surface area contributed by atoms with Crippen molar-refractivity contribution >= 4 is 17.5 Å². The second kappa shape index (κ2) is 13.7. The molecule has 1 amide bonds. The van der Waals surface area contributed by atoms with Crippen LogP contribution in [0.1, 0.15) is 75.2 Å². The maximum atomic E-state index is 12.8. The van der Waals surface area contributed by atoms with Gasteiger partial charge >= 0.3 is 0 Å². The van der Waals surface area contributed by atoms with E-state index in [1.807, 2.05) is 24.3 Å². The van der Waals surface area contributed by atoms with Crippen molar-refractivity contribution in [3.63, 3.8) is 0 Å². The van der Waals surface area contributed by atoms with Crippen molar-refractivity contribution in [1.82, 2.24) is 10.2 Å². The molecule has 35 heavy (non-hydrogen) atoms. The molecule has 0 saturated carbocycles. The average Bonchev–Trinajstić information content (AvgIpc) is 2.85. The number of hydrogen-bond acceptors (Lipinski definition) is 4. The van der Waals surface area contributed by atoms with Gasteiger partial charge < -0.3 is 14.8 Å². The lowest BCUT2D eigenvalue weighted by molar-refractivity contribution is 0.0930. The van der Waals surface area contributed by atoms with Crippen molar-refractivity contribution in [3.8, 4) is 11.5 Å². The van der Waals surface area contributed by atoms with Crippen LogP contribution in [0.5, 0.6) is 11.5 Å². The first-order valence-electron chi connectivity index (χ1n) is 13.0. The van der Waals surface area contributed by atoms with Gasteiger partial charge in [-0.15, -0.1) is 0 Å². The van der Waals surface area contributed by atoms with E-state index in [0.29, 0.717) is 22.3 Å². The molecule has 2 aromatic rings. The monoisotopic (exact) mass is 500 g/mol. The van der Waals surface area contributed by atoms with Crippen LogP contribution in [0.15, 0.2) is 42.5 Å². The molecule has 2 aromatic carbocycles. The van der Waals surface area contributed by atoms with Crippen LogP contribution in [0.3, 0.4) is 0 Å². The van der Waals surface area contributed by atoms with Crippen molar-refractivity contribution in [2.45, 2.75) is 78.0 Å². The summed E-state index contributed by atoms with van der Waals surface area (Å²) < 4.78 is 11.5. The molecule has 192 valence electrons. The van der Waals surface area contributed by atoms with E-state index in [1.54, 1.807) is 13.2 Å². The normalized spacial score (nSPS) is 15.7. The number of carbonyl (C=O) groups is 1. The van der Waals surface area contributed by atoms with Gasteiger partial charge in [-0.2, -0.15) is 0 Å². The van der Waals surface area contributed by atoms with Crippen LogP contribution in [0, 0.1) is 5.92 Å². The lowest BCUT2D eigenvalue weighted by atomic mass is 10.00. The second-order valence-electron chi connectivity index (χ2n) is 10.0. The lowest BCUT2D eigenvalue weighted by Gasteiger charge is -2.32. The summed E-state index contributed by atoms with van der Waals surface area (Å²) in [7, 11) is 1.69. The zero-order valence-electron chi connectivity index (χ0n) is 21.7. The highest BCUT2D eigenvalue weighted by Gasteiger charge is 2.22. The van der Waals surface area contributed by atoms with Gasteiger partial charge in [0.15, 0.2) is 0 Å². The standard InChI is InChI=1S/C29H41ClN2O3/c1-5-6-24(11-7-21(2)3)31-29(33)23-10-14-28(27(30)19-23)35-26-15-17-32(18-16-26)20-22-8-12-25(34-4)13-9-22/h8-10,12-14,19,21,24,26H,5-7,11,15-18,20H2,1-4H3,(H,31,33). The summed E-state index contributed by atoms with van der Waals surface area (Å²) in [6.45, 7) is 9.47. The highest BCUT2D eigenvalue weighted by molar-refractivity contribution is 6.32. The largest absolute Gasteiger partial charge is 0.497 e. The topological polar surface area (TPSA) is 50.8 Å². The van der Waals surface area contributed by atoms with E-state index in [-0.39, 0.29) is 18.1 Å². The Morgan fingerprint density at radius 1 is 1.09 bits per heavy atom. The molecule has 1 saturated heterocycles. The molecule has 0 aliphatic carbocycles. The SMILES string of the molecule is CCCC(CCC(C)C)NC(=O)c1ccc(OC2CCN(Cc3ccc(OC)cc3)CC2)c(Cl)c1. The summed E-state index contributed by atoms with van der Waals surface area (Å²) in [5.41, 5.74) is 1.87. The van der Waals surface area contributed by atoms with Crippen LogP contribution in [-0.2, 0) is 6.54 Å². The molecule has 1 aliphatic rings. The Bertz CT molecular complexity index is 924. The fourth-order valence-electron chi connectivity index (χ4n) is 4.53. The molecule has 1 atom stereocenters. The number of rotatable bonds is 12. The number of halogens is 1. The highest BCUT2D eigenvalue weighted by atomic mass is 35.5. The van der Waals surface area contributed by atoms with E-state index in [0.717, 1.165) is 63.9 Å². The lowest BCUT2D eigenvalue weighted by Crippen LogP contribution is -2.37. The predicted octanol–water partition coefficient (Wildman–Crippen LogP) is 6.73. The molecule has 3 rings (SSSR count). The van der Waals surface area contributed by atoms with Crippen molar-refractivity contribution in [1.29, 1.82) is 0 Å². The van der Waals surface area contributed by atoms with Crippen molar-refractivity contribution in [2.24, 2.45) is 5.92 Å². The van der Waals surface area contributed by atoms with Crippen LogP contribution < -0.4 is 14.8 Å². The minimum atomic E-state index is -0.0625. The summed E-state index contributed by atoms with van der Waals surface area (Å²) >= 11 is 6.53. The van der Waals surface area contributed by atoms with Gasteiger partial charge in [-0.05, 0) is 73.9 Å². The number of nitrogens with one attached hydrogen (secondary N) is 1. The van der Waals surface area contributed by atoms with Gasteiger partial charge in [-0.25, -0.2) is 0 Å². The smallest absolute Gasteiger partial charge is 0.251 e. The number of amides is 1. The summed E-state index contributed by atoms with van der Waals surface area (Å²) in [4.78, 5) is 15.3. The number of methoxy groups -OCH3 is 1. The molecule has 0 radical (unpaired) electrons. The van der Waals surface area contributed by atoms with Crippen molar-refractivity contribution < 1.29 is 14.3 Å². The van der Waals surface area contributed by atoms with Gasteiger partial charge in [0.2, 0.25) is 0 Å². The van der Waals surface area contributed by atoms with E-state index >= 15 is 0 Å². The molecular weight excluding hydrogens is 460 g/mol. The number of hydrogen-bond donors (Lipinski definition) is 1. The third-order valence-electron chi connectivity index (χ3n) is 6.65. The Balaban J connectivity index is 1.49. The maximum absolute atomic E-state index is 12.8. The van der Waals surface area contributed by atoms with Gasteiger partial charge in [0.25, 0.3) is 5.91 Å². The summed E-state index contributed by atoms with van der Waals surface area (Å²) in [5.74, 6) is 2.11. The molecule has 5 nitrogen and oxygen atoms in total. The predicted molar refractivity (Wildman–Crippen MR) is 144 cm³/mol. The van der Waals surface area contributed by atoms with E-state index in [9.17, 15) is 4.79 Å². The first-order chi connectivity index (χ1) is 16.9. The number of ether oxygens (including phenoxy) is 2.